The van der Waals surface area contributed by atoms with Crippen molar-refractivity contribution >= 4 is 46.3 Å². The van der Waals surface area contributed by atoms with Crippen molar-refractivity contribution in [2.24, 2.45) is 5.41 Å². The summed E-state index contributed by atoms with van der Waals surface area (Å²) < 4.78 is 51.3. The fourth-order valence-corrected chi connectivity index (χ4v) is 4.05. The number of unbranched alkanes of at least 4 members (excludes halogenated alkanes) is 3. The van der Waals surface area contributed by atoms with Crippen molar-refractivity contribution in [2.45, 2.75) is 59.4 Å². The van der Waals surface area contributed by atoms with Crippen molar-refractivity contribution in [3.63, 3.8) is 0 Å². The predicted molar refractivity (Wildman–Crippen MR) is 151 cm³/mol. The van der Waals surface area contributed by atoms with E-state index in [1.165, 1.54) is 6.92 Å². The van der Waals surface area contributed by atoms with E-state index in [9.17, 15) is 28.4 Å². The van der Waals surface area contributed by atoms with Crippen LogP contribution in [0.4, 0.5) is 0 Å². The molecular weight excluding hydrogens is 608 g/mol. The first kappa shape index (κ1) is 39.9. The third kappa shape index (κ3) is 23.1. The van der Waals surface area contributed by atoms with Gasteiger partial charge in [-0.05, 0) is 25.8 Å². The van der Waals surface area contributed by atoms with Crippen LogP contribution in [-0.4, -0.2) is 92.9 Å². The summed E-state index contributed by atoms with van der Waals surface area (Å²) in [5, 5.41) is 7.92. The molecule has 2 unspecified atom stereocenters. The highest BCUT2D eigenvalue weighted by Crippen LogP contribution is 2.44. The molecule has 0 radical (unpaired) electrons. The van der Waals surface area contributed by atoms with Gasteiger partial charge in [0.15, 0.2) is 0 Å². The van der Waals surface area contributed by atoms with Gasteiger partial charge in [-0.25, -0.2) is 13.1 Å². The Bertz CT molecular complexity index is 876. The number of carbonyl (C=O) groups is 3. The number of nitrogens with one attached hydrogen (secondary N) is 3. The van der Waals surface area contributed by atoms with E-state index in [0.717, 1.165) is 6.42 Å². The van der Waals surface area contributed by atoms with Crippen molar-refractivity contribution < 1.29 is 60.3 Å². The summed E-state index contributed by atoms with van der Waals surface area (Å²) in [5.41, 5.74) is -0.624. The largest absolute Gasteiger partial charge is 0.483 e. The van der Waals surface area contributed by atoms with Crippen molar-refractivity contribution in [3.05, 3.63) is 0 Å². The molecule has 0 aromatic heterocycles. The molecule has 0 aliphatic carbocycles. The number of phosphoric acid groups is 2. The summed E-state index contributed by atoms with van der Waals surface area (Å²) in [4.78, 5) is 54.5. The Morgan fingerprint density at radius 1 is 0.780 bits per heavy atom. The Morgan fingerprint density at radius 3 is 1.83 bits per heavy atom. The molecule has 0 aliphatic heterocycles. The predicted octanol–water partition coefficient (Wildman–Crippen LogP) is 1.48. The molecule has 0 saturated carbocycles. The molecule has 19 heteroatoms. The summed E-state index contributed by atoms with van der Waals surface area (Å²) in [5.74, 6) is -1.03. The minimum atomic E-state index is -4.22. The van der Waals surface area contributed by atoms with Gasteiger partial charge in [-0.1, -0.05) is 33.6 Å². The lowest BCUT2D eigenvalue weighted by molar-refractivity contribution is -0.130. The van der Waals surface area contributed by atoms with Gasteiger partial charge in [-0.2, -0.15) is 0 Å². The van der Waals surface area contributed by atoms with Crippen LogP contribution in [0.1, 0.15) is 53.4 Å². The van der Waals surface area contributed by atoms with Crippen molar-refractivity contribution in [1.29, 1.82) is 0 Å². The van der Waals surface area contributed by atoms with Gasteiger partial charge in [0, 0.05) is 25.4 Å². The number of rotatable bonds is 24. The van der Waals surface area contributed by atoms with E-state index >= 15 is 0 Å². The number of ether oxygens (including phenoxy) is 2. The van der Waals surface area contributed by atoms with Crippen LogP contribution in [0.3, 0.4) is 0 Å². The van der Waals surface area contributed by atoms with E-state index in [1.54, 1.807) is 20.8 Å². The molecule has 0 rings (SSSR count). The zero-order chi connectivity index (χ0) is 31.4. The lowest BCUT2D eigenvalue weighted by atomic mass is 9.95. The van der Waals surface area contributed by atoms with Crippen LogP contribution in [0.15, 0.2) is 0 Å². The maximum Gasteiger partial charge on any atom is 0.483 e. The monoisotopic (exact) mass is 653 g/mol. The molecule has 41 heavy (non-hydrogen) atoms. The second-order valence-corrected chi connectivity index (χ2v) is 13.0. The highest BCUT2D eigenvalue weighted by molar-refractivity contribution is 7.80. The zero-order valence-electron chi connectivity index (χ0n) is 24.0. The highest BCUT2D eigenvalue weighted by Gasteiger charge is 2.25. The Morgan fingerprint density at radius 2 is 1.29 bits per heavy atom. The average Bonchev–Trinajstić information content (AvgIpc) is 2.87. The van der Waals surface area contributed by atoms with Crippen LogP contribution in [-0.2, 0) is 50.5 Å². The Hall–Kier alpha value is -1.10. The number of hydrogen-bond donors (Lipinski definition) is 6. The Balaban J connectivity index is 3.88. The minimum Gasteiger partial charge on any atom is -0.377 e. The first-order chi connectivity index (χ1) is 19.1. The summed E-state index contributed by atoms with van der Waals surface area (Å²) in [6.07, 6.45) is 2.54. The summed E-state index contributed by atoms with van der Waals surface area (Å²) in [6, 6.07) is -0.890. The fourth-order valence-electron chi connectivity index (χ4n) is 2.82. The molecule has 0 aromatic carbocycles. The molecule has 16 nitrogen and oxygen atoms in total. The van der Waals surface area contributed by atoms with Crippen LogP contribution in [0.2, 0.25) is 0 Å². The number of thiol groups is 1. The van der Waals surface area contributed by atoms with Gasteiger partial charge in [0.25, 0.3) is 0 Å². The van der Waals surface area contributed by atoms with E-state index in [2.05, 4.69) is 37.4 Å². The molecule has 0 saturated heterocycles. The second kappa shape index (κ2) is 21.6. The van der Waals surface area contributed by atoms with E-state index < -0.39 is 33.0 Å². The van der Waals surface area contributed by atoms with Gasteiger partial charge in [-0.3, -0.25) is 28.0 Å². The molecular formula is C22H45N3O13P2S. The number of carbonyl (C=O) groups excluding carboxylic acids is 3. The van der Waals surface area contributed by atoms with E-state index in [-0.39, 0.29) is 64.6 Å². The second-order valence-electron chi connectivity index (χ2n) is 9.66. The molecule has 0 aliphatic rings. The van der Waals surface area contributed by atoms with Crippen molar-refractivity contribution in [1.82, 2.24) is 16.0 Å². The fraction of sp³-hybridized carbons (Fsp3) is 0.864. The SMILES string of the molecule is CC(=O)N[C@@H](CNC(=O)C(C)(C)C)C(=O)NCCCCCCOP(=O)(O)OCCOCCOCCOP(=O)(O)OS. The average molecular weight is 654 g/mol. The maximum absolute atomic E-state index is 12.4. The van der Waals surface area contributed by atoms with Crippen LogP contribution in [0.25, 0.3) is 0 Å². The van der Waals surface area contributed by atoms with Gasteiger partial charge in [-0.15, -0.1) is 0 Å². The first-order valence-corrected chi connectivity index (χ1v) is 16.4. The molecule has 242 valence electrons. The van der Waals surface area contributed by atoms with E-state index in [4.69, 9.17) is 23.4 Å². The van der Waals surface area contributed by atoms with Crippen LogP contribution in [0, 0.1) is 5.41 Å². The van der Waals surface area contributed by atoms with E-state index in [1.807, 2.05) is 0 Å². The Labute approximate surface area is 246 Å². The topological polar surface area (TPSA) is 217 Å². The van der Waals surface area contributed by atoms with Gasteiger partial charge >= 0.3 is 15.6 Å². The molecule has 0 spiro atoms. The van der Waals surface area contributed by atoms with Gasteiger partial charge < -0.3 is 35.2 Å². The molecule has 3 amide bonds. The summed E-state index contributed by atoms with van der Waals surface area (Å²) >= 11 is 3.20. The van der Waals surface area contributed by atoms with Gasteiger partial charge in [0.1, 0.15) is 6.04 Å². The maximum atomic E-state index is 12.4. The normalized spacial score (nSPS) is 15.4. The van der Waals surface area contributed by atoms with Crippen LogP contribution < -0.4 is 16.0 Å². The van der Waals surface area contributed by atoms with Gasteiger partial charge in [0.2, 0.25) is 17.7 Å². The Kier molecular flexibility index (Phi) is 21.0. The lowest BCUT2D eigenvalue weighted by Crippen LogP contribution is -2.53. The molecule has 0 bridgehead atoms. The minimum absolute atomic E-state index is 0.00795. The van der Waals surface area contributed by atoms with E-state index in [0.29, 0.717) is 25.8 Å². The third-order valence-corrected chi connectivity index (χ3v) is 7.26. The number of phosphoric ester groups is 2. The first-order valence-electron chi connectivity index (χ1n) is 13.0. The highest BCUT2D eigenvalue weighted by atomic mass is 32.1. The smallest absolute Gasteiger partial charge is 0.377 e. The molecule has 5 N–H and O–H groups in total. The number of hydrogen-bond acceptors (Lipinski definition) is 12. The molecule has 0 aromatic rings. The molecule has 0 fully saturated rings. The van der Waals surface area contributed by atoms with Crippen molar-refractivity contribution in [3.8, 4) is 0 Å². The van der Waals surface area contributed by atoms with Crippen LogP contribution >= 0.6 is 28.6 Å². The summed E-state index contributed by atoms with van der Waals surface area (Å²) in [6.45, 7) is 6.86. The molecule has 3 atom stereocenters. The van der Waals surface area contributed by atoms with Gasteiger partial charge in [0.05, 0.1) is 46.2 Å². The van der Waals surface area contributed by atoms with Crippen molar-refractivity contribution in [2.75, 3.05) is 59.3 Å². The quantitative estimate of drug-likeness (QED) is 0.0377. The lowest BCUT2D eigenvalue weighted by Gasteiger charge is -2.22. The van der Waals surface area contributed by atoms with Crippen LogP contribution in [0.5, 0.6) is 0 Å². The third-order valence-electron chi connectivity index (χ3n) is 4.91. The zero-order valence-corrected chi connectivity index (χ0v) is 26.7. The molecule has 0 heterocycles. The summed E-state index contributed by atoms with van der Waals surface area (Å²) in [7, 11) is -8.38. The standard InChI is InChI=1S/C22H45N3O13P2S/c1-18(26)25-19(17-24-21(28)22(2,3)4)20(27)23-9-7-5-6-8-10-35-39(29,30)36-15-13-33-11-12-34-14-16-37-40(31,32)38-41/h19,41H,5-17H2,1-4H3,(H,23,27)(H,24,28)(H,25,26)(H,29,30)(H,31,32)/t19-/m0/s1. The number of amides is 3.